The number of H-pyrrole nitrogens is 1. The van der Waals surface area contributed by atoms with Gasteiger partial charge in [-0.1, -0.05) is 37.2 Å². The molecule has 1 heterocycles. The lowest BCUT2D eigenvalue weighted by molar-refractivity contribution is 0.102. The van der Waals surface area contributed by atoms with Gasteiger partial charge in [0.05, 0.1) is 0 Å². The van der Waals surface area contributed by atoms with Gasteiger partial charge in [-0.2, -0.15) is 0 Å². The molecule has 1 aromatic carbocycles. The van der Waals surface area contributed by atoms with Crippen LogP contribution in [0.4, 0.5) is 11.5 Å². The highest BCUT2D eigenvalue weighted by molar-refractivity contribution is 7.99. The summed E-state index contributed by atoms with van der Waals surface area (Å²) in [6.07, 6.45) is 0.934. The standard InChI is InChI=1S/C15H17ClN4O2S/c1-3-8(2)23-15-19-12(17)11(14(22)20-15)18-13(21)9-4-6-10(16)7-5-9/h4-8H,3H2,1-2H3,(H,18,21)(H3,17,19,20,22)/t8-/m1/s1. The van der Waals surface area contributed by atoms with Crippen molar-refractivity contribution in [1.29, 1.82) is 0 Å². The molecule has 0 fully saturated rings. The van der Waals surface area contributed by atoms with E-state index < -0.39 is 11.5 Å². The Morgan fingerprint density at radius 3 is 2.65 bits per heavy atom. The van der Waals surface area contributed by atoms with E-state index in [4.69, 9.17) is 17.3 Å². The molecular weight excluding hydrogens is 336 g/mol. The number of nitrogens with zero attached hydrogens (tertiary/aromatic N) is 1. The van der Waals surface area contributed by atoms with Crippen molar-refractivity contribution in [3.8, 4) is 0 Å². The Hall–Kier alpha value is -1.99. The Balaban J connectivity index is 2.21. The second-order valence-corrected chi connectivity index (χ2v) is 6.79. The number of nitrogen functional groups attached to an aromatic ring is 1. The van der Waals surface area contributed by atoms with Crippen LogP contribution in [0.5, 0.6) is 0 Å². The second-order valence-electron chi connectivity index (χ2n) is 4.93. The number of benzene rings is 1. The van der Waals surface area contributed by atoms with Gasteiger partial charge in [-0.25, -0.2) is 4.98 Å². The van der Waals surface area contributed by atoms with E-state index in [0.717, 1.165) is 6.42 Å². The SMILES string of the molecule is CC[C@@H](C)Sc1nc(N)c(NC(=O)c2ccc(Cl)cc2)c(=O)[nH]1. The molecule has 1 amide bonds. The van der Waals surface area contributed by atoms with Crippen LogP contribution in [-0.4, -0.2) is 21.1 Å². The number of nitrogens with one attached hydrogen (secondary N) is 2. The summed E-state index contributed by atoms with van der Waals surface area (Å²) in [6, 6.07) is 6.30. The van der Waals surface area contributed by atoms with E-state index in [0.29, 0.717) is 21.0 Å². The zero-order valence-electron chi connectivity index (χ0n) is 12.7. The number of aromatic nitrogens is 2. The van der Waals surface area contributed by atoms with Crippen molar-refractivity contribution in [2.75, 3.05) is 11.1 Å². The molecule has 1 atom stereocenters. The molecule has 0 spiro atoms. The fourth-order valence-electron chi connectivity index (χ4n) is 1.71. The Labute approximate surface area is 142 Å². The summed E-state index contributed by atoms with van der Waals surface area (Å²) in [6.45, 7) is 4.07. The number of amides is 1. The Morgan fingerprint density at radius 1 is 1.43 bits per heavy atom. The van der Waals surface area contributed by atoms with E-state index in [1.54, 1.807) is 24.3 Å². The van der Waals surface area contributed by atoms with E-state index in [-0.39, 0.29) is 11.5 Å². The molecule has 0 radical (unpaired) electrons. The Kier molecular flexibility index (Phi) is 5.68. The second kappa shape index (κ2) is 7.52. The summed E-state index contributed by atoms with van der Waals surface area (Å²) in [5.74, 6) is -0.468. The largest absolute Gasteiger partial charge is 0.382 e. The van der Waals surface area contributed by atoms with Crippen LogP contribution in [0.1, 0.15) is 30.6 Å². The first-order valence-corrected chi connectivity index (χ1v) is 8.29. The number of carbonyl (C=O) groups is 1. The van der Waals surface area contributed by atoms with Gasteiger partial charge in [-0.15, -0.1) is 0 Å². The molecular formula is C15H17ClN4O2S. The van der Waals surface area contributed by atoms with Gasteiger partial charge in [0.15, 0.2) is 11.0 Å². The number of thioether (sulfide) groups is 1. The molecule has 122 valence electrons. The van der Waals surface area contributed by atoms with Crippen LogP contribution in [-0.2, 0) is 0 Å². The minimum absolute atomic E-state index is 0.0122. The highest BCUT2D eigenvalue weighted by Crippen LogP contribution is 2.23. The van der Waals surface area contributed by atoms with Gasteiger partial charge in [-0.05, 0) is 30.7 Å². The number of nitrogens with two attached hydrogens (primary N) is 1. The van der Waals surface area contributed by atoms with Crippen LogP contribution in [0.15, 0.2) is 34.2 Å². The van der Waals surface area contributed by atoms with Crippen LogP contribution < -0.4 is 16.6 Å². The molecule has 4 N–H and O–H groups in total. The summed E-state index contributed by atoms with van der Waals surface area (Å²) in [5.41, 5.74) is 5.64. The van der Waals surface area contributed by atoms with E-state index in [1.807, 2.05) is 13.8 Å². The van der Waals surface area contributed by atoms with E-state index in [9.17, 15) is 9.59 Å². The topological polar surface area (TPSA) is 101 Å². The molecule has 0 saturated heterocycles. The van der Waals surface area contributed by atoms with Gasteiger partial charge >= 0.3 is 0 Å². The first-order valence-electron chi connectivity index (χ1n) is 7.04. The third-order valence-corrected chi connectivity index (χ3v) is 4.56. The van der Waals surface area contributed by atoms with Crippen molar-refractivity contribution in [3.05, 3.63) is 45.2 Å². The summed E-state index contributed by atoms with van der Waals surface area (Å²) in [4.78, 5) is 31.0. The number of halogens is 1. The molecule has 23 heavy (non-hydrogen) atoms. The lowest BCUT2D eigenvalue weighted by Crippen LogP contribution is -2.23. The maximum atomic E-state index is 12.1. The van der Waals surface area contributed by atoms with Gasteiger partial charge in [0, 0.05) is 15.8 Å². The number of carbonyl (C=O) groups excluding carboxylic acids is 1. The lowest BCUT2D eigenvalue weighted by atomic mass is 10.2. The van der Waals surface area contributed by atoms with Gasteiger partial charge < -0.3 is 11.1 Å². The molecule has 0 unspecified atom stereocenters. The fraction of sp³-hybridized carbons (Fsp3) is 0.267. The zero-order chi connectivity index (χ0) is 17.0. The molecule has 2 rings (SSSR count). The highest BCUT2D eigenvalue weighted by atomic mass is 35.5. The smallest absolute Gasteiger partial charge is 0.277 e. The van der Waals surface area contributed by atoms with Crippen LogP contribution >= 0.6 is 23.4 Å². The first-order chi connectivity index (χ1) is 10.9. The van der Waals surface area contributed by atoms with Gasteiger partial charge in [-0.3, -0.25) is 14.6 Å². The first kappa shape index (κ1) is 17.4. The lowest BCUT2D eigenvalue weighted by Gasteiger charge is -2.10. The molecule has 1 aromatic heterocycles. The van der Waals surface area contributed by atoms with Crippen LogP contribution in [0.3, 0.4) is 0 Å². The van der Waals surface area contributed by atoms with Crippen molar-refractivity contribution in [2.24, 2.45) is 0 Å². The summed E-state index contributed by atoms with van der Waals surface area (Å²) >= 11 is 7.20. The molecule has 0 aliphatic carbocycles. The Bertz CT molecular complexity index is 761. The normalized spacial score (nSPS) is 12.0. The van der Waals surface area contributed by atoms with Gasteiger partial charge in [0.25, 0.3) is 11.5 Å². The average Bonchev–Trinajstić information content (AvgIpc) is 2.51. The Morgan fingerprint density at radius 2 is 2.09 bits per heavy atom. The molecule has 8 heteroatoms. The monoisotopic (exact) mass is 352 g/mol. The quantitative estimate of drug-likeness (QED) is 0.566. The maximum absolute atomic E-state index is 12.1. The predicted molar refractivity (Wildman–Crippen MR) is 94.3 cm³/mol. The number of hydrogen-bond acceptors (Lipinski definition) is 5. The average molecular weight is 353 g/mol. The minimum atomic E-state index is -0.481. The van der Waals surface area contributed by atoms with E-state index in [2.05, 4.69) is 15.3 Å². The van der Waals surface area contributed by atoms with Crippen molar-refractivity contribution >= 4 is 40.8 Å². The third kappa shape index (κ3) is 4.49. The molecule has 2 aromatic rings. The molecule has 6 nitrogen and oxygen atoms in total. The van der Waals surface area contributed by atoms with Gasteiger partial charge in [0.1, 0.15) is 5.69 Å². The van der Waals surface area contributed by atoms with Crippen molar-refractivity contribution < 1.29 is 4.79 Å². The summed E-state index contributed by atoms with van der Waals surface area (Å²) < 4.78 is 0. The van der Waals surface area contributed by atoms with Crippen LogP contribution in [0.25, 0.3) is 0 Å². The number of aromatic amines is 1. The van der Waals surface area contributed by atoms with E-state index >= 15 is 0 Å². The third-order valence-electron chi connectivity index (χ3n) is 3.16. The van der Waals surface area contributed by atoms with Crippen LogP contribution in [0, 0.1) is 0 Å². The van der Waals surface area contributed by atoms with Crippen LogP contribution in [0.2, 0.25) is 5.02 Å². The number of rotatable bonds is 5. The predicted octanol–water partition coefficient (Wildman–Crippen LogP) is 3.15. The summed E-state index contributed by atoms with van der Waals surface area (Å²) in [5, 5.41) is 3.74. The number of anilines is 2. The van der Waals surface area contributed by atoms with Gasteiger partial charge in [0.2, 0.25) is 0 Å². The van der Waals surface area contributed by atoms with Crippen molar-refractivity contribution in [1.82, 2.24) is 9.97 Å². The molecule has 0 aliphatic heterocycles. The minimum Gasteiger partial charge on any atom is -0.382 e. The fourth-order valence-corrected chi connectivity index (χ4v) is 2.68. The highest BCUT2D eigenvalue weighted by Gasteiger charge is 2.15. The zero-order valence-corrected chi connectivity index (χ0v) is 14.3. The summed E-state index contributed by atoms with van der Waals surface area (Å²) in [7, 11) is 0. The maximum Gasteiger partial charge on any atom is 0.277 e. The molecule has 0 bridgehead atoms. The molecule has 0 saturated carbocycles. The molecule has 0 aliphatic rings. The number of hydrogen-bond donors (Lipinski definition) is 3. The van der Waals surface area contributed by atoms with E-state index in [1.165, 1.54) is 11.8 Å². The van der Waals surface area contributed by atoms with Crippen molar-refractivity contribution in [2.45, 2.75) is 30.7 Å². The van der Waals surface area contributed by atoms with Crippen molar-refractivity contribution in [3.63, 3.8) is 0 Å².